The third kappa shape index (κ3) is 3.85. The summed E-state index contributed by atoms with van der Waals surface area (Å²) in [5.41, 5.74) is 8.45. The molecule has 1 rings (SSSR count). The van der Waals surface area contributed by atoms with Crippen molar-refractivity contribution in [3.05, 3.63) is 0 Å². The van der Waals surface area contributed by atoms with Crippen LogP contribution in [0.1, 0.15) is 25.7 Å². The SMILES string of the molecule is CN=C(NN)N(C)C1CCC(N)CC1.Cl. The second kappa shape index (κ2) is 6.87. The van der Waals surface area contributed by atoms with Crippen molar-refractivity contribution >= 4 is 18.4 Å². The smallest absolute Gasteiger partial charge is 0.208 e. The van der Waals surface area contributed by atoms with E-state index < -0.39 is 0 Å². The molecule has 15 heavy (non-hydrogen) atoms. The first-order valence-electron chi connectivity index (χ1n) is 5.10. The summed E-state index contributed by atoms with van der Waals surface area (Å²) in [6.07, 6.45) is 4.43. The molecular weight excluding hydrogens is 214 g/mol. The lowest BCUT2D eigenvalue weighted by Gasteiger charge is -2.34. The lowest BCUT2D eigenvalue weighted by atomic mass is 9.91. The van der Waals surface area contributed by atoms with E-state index in [4.69, 9.17) is 11.6 Å². The maximum Gasteiger partial charge on any atom is 0.208 e. The van der Waals surface area contributed by atoms with Crippen molar-refractivity contribution in [3.8, 4) is 0 Å². The van der Waals surface area contributed by atoms with Gasteiger partial charge in [-0.25, -0.2) is 5.84 Å². The fourth-order valence-corrected chi connectivity index (χ4v) is 1.99. The van der Waals surface area contributed by atoms with Gasteiger partial charge in [0.15, 0.2) is 0 Å². The van der Waals surface area contributed by atoms with Gasteiger partial charge in [-0.2, -0.15) is 0 Å². The van der Waals surface area contributed by atoms with Crippen LogP contribution in [0, 0.1) is 0 Å². The molecule has 0 heterocycles. The van der Waals surface area contributed by atoms with Gasteiger partial charge in [0, 0.05) is 26.2 Å². The zero-order valence-electron chi connectivity index (χ0n) is 9.44. The summed E-state index contributed by atoms with van der Waals surface area (Å²) in [7, 11) is 3.75. The number of hydrazine groups is 1. The summed E-state index contributed by atoms with van der Waals surface area (Å²) >= 11 is 0. The molecule has 90 valence electrons. The van der Waals surface area contributed by atoms with Crippen molar-refractivity contribution in [2.45, 2.75) is 37.8 Å². The predicted molar refractivity (Wildman–Crippen MR) is 65.9 cm³/mol. The zero-order chi connectivity index (χ0) is 10.6. The average molecular weight is 236 g/mol. The number of guanidine groups is 1. The predicted octanol–water partition coefficient (Wildman–Crippen LogP) is 0.0590. The summed E-state index contributed by atoms with van der Waals surface area (Å²) in [5, 5.41) is 0. The van der Waals surface area contributed by atoms with Gasteiger partial charge in [0.05, 0.1) is 0 Å². The van der Waals surface area contributed by atoms with E-state index in [-0.39, 0.29) is 12.4 Å². The Morgan fingerprint density at radius 1 is 1.33 bits per heavy atom. The zero-order valence-corrected chi connectivity index (χ0v) is 10.3. The molecule has 5 N–H and O–H groups in total. The molecule has 0 aromatic rings. The minimum Gasteiger partial charge on any atom is -0.342 e. The van der Waals surface area contributed by atoms with Crippen LogP contribution in [-0.4, -0.2) is 37.0 Å². The van der Waals surface area contributed by atoms with E-state index in [1.54, 1.807) is 7.05 Å². The summed E-state index contributed by atoms with van der Waals surface area (Å²) in [4.78, 5) is 6.18. The van der Waals surface area contributed by atoms with Crippen LogP contribution in [0.4, 0.5) is 0 Å². The Hall–Kier alpha value is -0.520. The van der Waals surface area contributed by atoms with E-state index in [0.717, 1.165) is 31.6 Å². The summed E-state index contributed by atoms with van der Waals surface area (Å²) in [5.74, 6) is 6.11. The van der Waals surface area contributed by atoms with E-state index in [2.05, 4.69) is 15.3 Å². The number of nitrogens with zero attached hydrogens (tertiary/aromatic N) is 2. The molecule has 0 amide bonds. The summed E-state index contributed by atoms with van der Waals surface area (Å²) in [6.45, 7) is 0. The van der Waals surface area contributed by atoms with Gasteiger partial charge in [-0.3, -0.25) is 10.4 Å². The molecule has 1 saturated carbocycles. The van der Waals surface area contributed by atoms with Crippen molar-refractivity contribution in [3.63, 3.8) is 0 Å². The first-order chi connectivity index (χ1) is 6.69. The van der Waals surface area contributed by atoms with E-state index in [9.17, 15) is 0 Å². The summed E-state index contributed by atoms with van der Waals surface area (Å²) < 4.78 is 0. The Morgan fingerprint density at radius 2 is 1.87 bits per heavy atom. The van der Waals surface area contributed by atoms with Crippen LogP contribution in [0.25, 0.3) is 0 Å². The van der Waals surface area contributed by atoms with Crippen LogP contribution in [0.5, 0.6) is 0 Å². The van der Waals surface area contributed by atoms with Crippen LogP contribution >= 0.6 is 12.4 Å². The summed E-state index contributed by atoms with van der Waals surface area (Å²) in [6, 6.07) is 0.900. The Bertz CT molecular complexity index is 201. The van der Waals surface area contributed by atoms with Crippen molar-refractivity contribution in [1.82, 2.24) is 10.3 Å². The first-order valence-corrected chi connectivity index (χ1v) is 5.10. The normalized spacial score (nSPS) is 26.8. The molecule has 1 aliphatic carbocycles. The highest BCUT2D eigenvalue weighted by Crippen LogP contribution is 2.20. The minimum absolute atomic E-state index is 0. The van der Waals surface area contributed by atoms with E-state index >= 15 is 0 Å². The standard InChI is InChI=1S/C9H21N5.ClH/c1-12-9(13-11)14(2)8-5-3-7(10)4-6-8;/h7-8H,3-6,10-11H2,1-2H3,(H,12,13);1H. The number of rotatable bonds is 1. The molecular formula is C9H22ClN5. The van der Waals surface area contributed by atoms with Crippen molar-refractivity contribution in [1.29, 1.82) is 0 Å². The van der Waals surface area contributed by atoms with Gasteiger partial charge < -0.3 is 10.6 Å². The van der Waals surface area contributed by atoms with Crippen molar-refractivity contribution in [2.24, 2.45) is 16.6 Å². The van der Waals surface area contributed by atoms with Crippen molar-refractivity contribution < 1.29 is 0 Å². The molecule has 6 heteroatoms. The molecule has 1 aliphatic rings. The third-order valence-electron chi connectivity index (χ3n) is 2.96. The lowest BCUT2D eigenvalue weighted by molar-refractivity contribution is 0.256. The fraction of sp³-hybridized carbons (Fsp3) is 0.889. The molecule has 0 atom stereocenters. The molecule has 0 aliphatic heterocycles. The van der Waals surface area contributed by atoms with Gasteiger partial charge in [0.2, 0.25) is 5.96 Å². The Morgan fingerprint density at radius 3 is 2.27 bits per heavy atom. The van der Waals surface area contributed by atoms with Crippen molar-refractivity contribution in [2.75, 3.05) is 14.1 Å². The number of aliphatic imine (C=N–C) groups is 1. The maximum atomic E-state index is 5.85. The van der Waals surface area contributed by atoms with Gasteiger partial charge in [-0.05, 0) is 25.7 Å². The molecule has 0 aromatic carbocycles. The van der Waals surface area contributed by atoms with E-state index in [0.29, 0.717) is 12.1 Å². The van der Waals surface area contributed by atoms with Crippen LogP contribution in [0.3, 0.4) is 0 Å². The highest BCUT2D eigenvalue weighted by molar-refractivity contribution is 5.85. The average Bonchev–Trinajstić information content (AvgIpc) is 2.20. The monoisotopic (exact) mass is 235 g/mol. The van der Waals surface area contributed by atoms with Gasteiger partial charge in [-0.15, -0.1) is 12.4 Å². The maximum absolute atomic E-state index is 5.85. The number of hydrogen-bond acceptors (Lipinski definition) is 3. The number of nitrogens with one attached hydrogen (secondary N) is 1. The van der Waals surface area contributed by atoms with Crippen LogP contribution in [0.2, 0.25) is 0 Å². The third-order valence-corrected chi connectivity index (χ3v) is 2.96. The molecule has 0 spiro atoms. The van der Waals surface area contributed by atoms with Gasteiger partial charge in [0.1, 0.15) is 0 Å². The quantitative estimate of drug-likeness (QED) is 0.260. The van der Waals surface area contributed by atoms with Gasteiger partial charge >= 0.3 is 0 Å². The molecule has 0 radical (unpaired) electrons. The highest BCUT2D eigenvalue weighted by Gasteiger charge is 2.23. The van der Waals surface area contributed by atoms with Crippen LogP contribution < -0.4 is 17.0 Å². The van der Waals surface area contributed by atoms with Crippen LogP contribution in [-0.2, 0) is 0 Å². The second-order valence-corrected chi connectivity index (χ2v) is 3.87. The number of hydrogen-bond donors (Lipinski definition) is 3. The largest absolute Gasteiger partial charge is 0.342 e. The van der Waals surface area contributed by atoms with E-state index in [1.165, 1.54) is 0 Å². The first kappa shape index (κ1) is 14.5. The fourth-order valence-electron chi connectivity index (χ4n) is 1.99. The molecule has 0 aromatic heterocycles. The Labute approximate surface area is 97.7 Å². The van der Waals surface area contributed by atoms with Gasteiger partial charge in [0.25, 0.3) is 0 Å². The topological polar surface area (TPSA) is 79.7 Å². The molecule has 0 unspecified atom stereocenters. The lowest BCUT2D eigenvalue weighted by Crippen LogP contribution is -2.49. The number of nitrogens with two attached hydrogens (primary N) is 2. The Kier molecular flexibility index (Phi) is 6.63. The molecule has 1 fully saturated rings. The number of halogens is 1. The molecule has 0 bridgehead atoms. The minimum atomic E-state index is 0. The molecule has 0 saturated heterocycles. The van der Waals surface area contributed by atoms with Crippen LogP contribution in [0.15, 0.2) is 4.99 Å². The Balaban J connectivity index is 0.00000196. The highest BCUT2D eigenvalue weighted by atomic mass is 35.5. The van der Waals surface area contributed by atoms with E-state index in [1.807, 2.05) is 7.05 Å². The van der Waals surface area contributed by atoms with Gasteiger partial charge in [-0.1, -0.05) is 0 Å². The molecule has 5 nitrogen and oxygen atoms in total. The second-order valence-electron chi connectivity index (χ2n) is 3.87.